The summed E-state index contributed by atoms with van der Waals surface area (Å²) in [5.41, 5.74) is 2.67. The van der Waals surface area contributed by atoms with Crippen LogP contribution in [0.4, 0.5) is 16.2 Å². The summed E-state index contributed by atoms with van der Waals surface area (Å²) in [6.45, 7) is -0.477. The molecule has 3 aromatic rings. The Labute approximate surface area is 214 Å². The highest BCUT2D eigenvalue weighted by atomic mass is 16.5. The first-order valence-electron chi connectivity index (χ1n) is 12.2. The van der Waals surface area contributed by atoms with Gasteiger partial charge in [0.2, 0.25) is 11.8 Å². The number of amides is 2. The summed E-state index contributed by atoms with van der Waals surface area (Å²) in [6.07, 6.45) is 1.59. The molecule has 2 atom stereocenters. The normalized spacial score (nSPS) is 21.6. The number of rotatable bonds is 7. The van der Waals surface area contributed by atoms with Crippen molar-refractivity contribution in [3.05, 3.63) is 72.4 Å². The number of hydrogen-bond donors (Lipinski definition) is 2. The lowest BCUT2D eigenvalue weighted by Gasteiger charge is -2.44. The SMILES string of the molecule is N#CC[N+]1(c2ccc(C3(NC(=O)[O-])CCC3)cc2)C(=O)C(CCO)Oc2ncc(-c3ccccc3)cc21. The minimum Gasteiger partial charge on any atom is -0.530 e. The summed E-state index contributed by atoms with van der Waals surface area (Å²) in [5.74, 6) is -0.153. The topological polar surface area (TPSA) is 135 Å². The van der Waals surface area contributed by atoms with E-state index in [2.05, 4.69) is 16.4 Å². The molecule has 2 heterocycles. The number of pyridine rings is 1. The summed E-state index contributed by atoms with van der Waals surface area (Å²) in [7, 11) is 0. The van der Waals surface area contributed by atoms with Crippen molar-refractivity contribution in [2.75, 3.05) is 13.2 Å². The number of carboxylic acid groups (broad SMARTS) is 1. The Kier molecular flexibility index (Phi) is 6.38. The van der Waals surface area contributed by atoms with Crippen LogP contribution < -0.4 is 19.6 Å². The van der Waals surface area contributed by atoms with Gasteiger partial charge >= 0.3 is 5.91 Å². The fourth-order valence-corrected chi connectivity index (χ4v) is 5.32. The molecule has 0 spiro atoms. The number of fused-ring (bicyclic) bond motifs is 1. The first-order valence-corrected chi connectivity index (χ1v) is 12.2. The van der Waals surface area contributed by atoms with Crippen molar-refractivity contribution >= 4 is 23.4 Å². The maximum Gasteiger partial charge on any atom is 0.365 e. The van der Waals surface area contributed by atoms with Crippen LogP contribution in [-0.2, 0) is 10.3 Å². The van der Waals surface area contributed by atoms with E-state index in [-0.39, 0.29) is 31.4 Å². The van der Waals surface area contributed by atoms with Crippen molar-refractivity contribution in [1.82, 2.24) is 14.8 Å². The smallest absolute Gasteiger partial charge is 0.365 e. The van der Waals surface area contributed by atoms with Crippen molar-refractivity contribution in [2.45, 2.75) is 37.3 Å². The molecular formula is C28H26N4O5. The van der Waals surface area contributed by atoms with Crippen molar-refractivity contribution in [3.63, 3.8) is 0 Å². The Bertz CT molecular complexity index is 1370. The average molecular weight is 499 g/mol. The first-order chi connectivity index (χ1) is 17.9. The zero-order chi connectivity index (χ0) is 26.0. The van der Waals surface area contributed by atoms with E-state index in [1.165, 1.54) is 0 Å². The van der Waals surface area contributed by atoms with Gasteiger partial charge in [-0.25, -0.2) is 9.78 Å². The van der Waals surface area contributed by atoms with Crippen LogP contribution >= 0.6 is 0 Å². The van der Waals surface area contributed by atoms with Crippen LogP contribution in [0.15, 0.2) is 66.9 Å². The Morgan fingerprint density at radius 3 is 2.51 bits per heavy atom. The van der Waals surface area contributed by atoms with E-state index in [4.69, 9.17) is 4.74 Å². The fourth-order valence-electron chi connectivity index (χ4n) is 5.32. The van der Waals surface area contributed by atoms with Crippen molar-refractivity contribution in [1.29, 1.82) is 5.26 Å². The van der Waals surface area contributed by atoms with Gasteiger partial charge in [0.05, 0.1) is 5.54 Å². The number of benzene rings is 2. The van der Waals surface area contributed by atoms with Gasteiger partial charge in [0.1, 0.15) is 17.8 Å². The molecule has 188 valence electrons. The maximum atomic E-state index is 14.0. The zero-order valence-electron chi connectivity index (χ0n) is 20.1. The summed E-state index contributed by atoms with van der Waals surface area (Å²) in [5, 5.41) is 33.4. The minimum atomic E-state index is -1.33. The van der Waals surface area contributed by atoms with Crippen LogP contribution in [0.3, 0.4) is 0 Å². The van der Waals surface area contributed by atoms with Crippen molar-refractivity contribution < 1.29 is 24.5 Å². The third-order valence-electron chi connectivity index (χ3n) is 7.36. The fraction of sp³-hybridized carbons (Fsp3) is 0.286. The van der Waals surface area contributed by atoms with E-state index in [0.717, 1.165) is 23.1 Å². The summed E-state index contributed by atoms with van der Waals surface area (Å²) < 4.78 is 5.47. The number of aliphatic hydroxyl groups is 1. The van der Waals surface area contributed by atoms with E-state index in [0.29, 0.717) is 24.2 Å². The molecule has 1 fully saturated rings. The molecule has 1 aliphatic heterocycles. The Morgan fingerprint density at radius 2 is 1.92 bits per heavy atom. The van der Waals surface area contributed by atoms with E-state index >= 15 is 0 Å². The summed E-state index contributed by atoms with van der Waals surface area (Å²) in [6, 6.07) is 20.7. The molecule has 37 heavy (non-hydrogen) atoms. The molecule has 2 unspecified atom stereocenters. The Balaban J connectivity index is 1.66. The Hall–Kier alpha value is -4.26. The molecule has 9 nitrogen and oxygen atoms in total. The van der Waals surface area contributed by atoms with Gasteiger partial charge < -0.3 is 25.1 Å². The van der Waals surface area contributed by atoms with Gasteiger partial charge in [-0.2, -0.15) is 9.74 Å². The third-order valence-corrected chi connectivity index (χ3v) is 7.36. The number of ether oxygens (including phenoxy) is 1. The highest BCUT2D eigenvalue weighted by Crippen LogP contribution is 2.48. The standard InChI is InChI=1S/C28H26N4O5/c29-14-15-32(22-9-7-21(8-10-22)28(12-4-13-28)31-27(35)36)23-17-20(19-5-2-1-3-6-19)18-30-25(23)37-24(11-16-33)26(32)34/h1-3,5-10,17-18,24,31,33H,4,11-13,15-16H2. The lowest BCUT2D eigenvalue weighted by molar-refractivity contribution is -0.254. The summed E-state index contributed by atoms with van der Waals surface area (Å²) >= 11 is 0. The van der Waals surface area contributed by atoms with E-state index < -0.39 is 22.2 Å². The van der Waals surface area contributed by atoms with Gasteiger partial charge in [-0.15, -0.1) is 0 Å². The zero-order valence-corrected chi connectivity index (χ0v) is 20.1. The molecule has 5 rings (SSSR count). The van der Waals surface area contributed by atoms with Gasteiger partial charge in [0, 0.05) is 43.0 Å². The largest absolute Gasteiger partial charge is 0.530 e. The molecule has 1 aliphatic carbocycles. The van der Waals surface area contributed by atoms with Crippen molar-refractivity contribution in [2.24, 2.45) is 0 Å². The van der Waals surface area contributed by atoms with Crippen LogP contribution in [0.25, 0.3) is 11.1 Å². The second kappa shape index (κ2) is 9.65. The van der Waals surface area contributed by atoms with E-state index in [9.17, 15) is 25.1 Å². The van der Waals surface area contributed by atoms with Crippen LogP contribution in [0, 0.1) is 11.3 Å². The third kappa shape index (κ3) is 4.10. The second-order valence-corrected chi connectivity index (χ2v) is 9.39. The average Bonchev–Trinajstić information content (AvgIpc) is 2.89. The maximum absolute atomic E-state index is 14.0. The van der Waals surface area contributed by atoms with Gasteiger partial charge in [-0.05, 0) is 30.4 Å². The number of quaternary nitrogens is 1. The molecule has 2 N–H and O–H groups in total. The lowest BCUT2D eigenvalue weighted by atomic mass is 9.72. The van der Waals surface area contributed by atoms with E-state index in [1.54, 1.807) is 30.5 Å². The molecule has 1 aromatic heterocycles. The van der Waals surface area contributed by atoms with Crippen LogP contribution in [0.2, 0.25) is 0 Å². The molecule has 2 aromatic carbocycles. The first kappa shape index (κ1) is 24.4. The number of aromatic nitrogens is 1. The number of carbonyl (C=O) groups is 2. The molecule has 1 saturated carbocycles. The lowest BCUT2D eigenvalue weighted by Crippen LogP contribution is -2.59. The van der Waals surface area contributed by atoms with Crippen LogP contribution in [0.1, 0.15) is 31.2 Å². The second-order valence-electron chi connectivity index (χ2n) is 9.39. The Morgan fingerprint density at radius 1 is 1.19 bits per heavy atom. The number of carbonyl (C=O) groups excluding carboxylic acids is 2. The predicted octanol–water partition coefficient (Wildman–Crippen LogP) is 2.89. The summed E-state index contributed by atoms with van der Waals surface area (Å²) in [4.78, 5) is 29.8. The van der Waals surface area contributed by atoms with Gasteiger partial charge in [-0.3, -0.25) is 0 Å². The number of aliphatic hydroxyl groups excluding tert-OH is 1. The van der Waals surface area contributed by atoms with Gasteiger partial charge in [0.25, 0.3) is 5.88 Å². The quantitative estimate of drug-likeness (QED) is 0.378. The molecular weight excluding hydrogens is 472 g/mol. The molecule has 2 amide bonds. The predicted molar refractivity (Wildman–Crippen MR) is 133 cm³/mol. The number of nitrogens with zero attached hydrogens (tertiary/aromatic N) is 3. The van der Waals surface area contributed by atoms with Gasteiger partial charge in [-0.1, -0.05) is 42.5 Å². The highest BCUT2D eigenvalue weighted by molar-refractivity contribution is 6.01. The highest BCUT2D eigenvalue weighted by Gasteiger charge is 2.53. The van der Waals surface area contributed by atoms with E-state index in [1.807, 2.05) is 36.4 Å². The molecule has 2 aliphatic rings. The molecule has 9 heteroatoms. The minimum absolute atomic E-state index is 0.0581. The molecule has 0 radical (unpaired) electrons. The van der Waals surface area contributed by atoms with Gasteiger partial charge in [0.15, 0.2) is 6.54 Å². The number of nitriles is 1. The van der Waals surface area contributed by atoms with Crippen LogP contribution in [0.5, 0.6) is 5.88 Å². The molecule has 0 saturated heterocycles. The van der Waals surface area contributed by atoms with Crippen molar-refractivity contribution in [3.8, 4) is 23.1 Å². The number of hydrogen-bond acceptors (Lipinski definition) is 7. The monoisotopic (exact) mass is 498 g/mol. The molecule has 0 bridgehead atoms. The van der Waals surface area contributed by atoms with Crippen LogP contribution in [-0.4, -0.2) is 41.3 Å². The number of nitrogens with one attached hydrogen (secondary N) is 1.